The van der Waals surface area contributed by atoms with Crippen molar-refractivity contribution in [2.24, 2.45) is 0 Å². The van der Waals surface area contributed by atoms with Crippen LogP contribution >= 0.6 is 0 Å². The topological polar surface area (TPSA) is 55.1 Å². The summed E-state index contributed by atoms with van der Waals surface area (Å²) >= 11 is 0. The molecule has 1 aliphatic carbocycles. The fraction of sp³-hybridized carbons (Fsp3) is 0.333. The van der Waals surface area contributed by atoms with Gasteiger partial charge in [-0.2, -0.15) is 5.10 Å². The van der Waals surface area contributed by atoms with Crippen LogP contribution in [0, 0.1) is 12.7 Å². The molecular weight excluding hydrogens is 259 g/mol. The molecule has 1 heterocycles. The molecule has 1 fully saturated rings. The van der Waals surface area contributed by atoms with Gasteiger partial charge in [0.05, 0.1) is 17.8 Å². The van der Waals surface area contributed by atoms with Gasteiger partial charge < -0.3 is 5.11 Å². The van der Waals surface area contributed by atoms with Crippen molar-refractivity contribution in [3.05, 3.63) is 41.5 Å². The van der Waals surface area contributed by atoms with Crippen molar-refractivity contribution < 1.29 is 14.3 Å². The molecule has 3 rings (SSSR count). The first-order chi connectivity index (χ1) is 9.56. The molecule has 1 saturated carbocycles. The Bertz CT molecular complexity index is 675. The first kappa shape index (κ1) is 12.8. The smallest absolute Gasteiger partial charge is 0.336 e. The number of carbonyl (C=O) groups is 1. The fourth-order valence-electron chi connectivity index (χ4n) is 2.43. The fourth-order valence-corrected chi connectivity index (χ4v) is 2.43. The van der Waals surface area contributed by atoms with Crippen molar-refractivity contribution >= 4 is 5.97 Å². The van der Waals surface area contributed by atoms with E-state index in [0.29, 0.717) is 22.7 Å². The molecule has 1 N–H and O–H groups in total. The zero-order valence-corrected chi connectivity index (χ0v) is 11.1. The third-order valence-electron chi connectivity index (χ3n) is 3.89. The Morgan fingerprint density at radius 3 is 2.80 bits per heavy atom. The summed E-state index contributed by atoms with van der Waals surface area (Å²) in [5.74, 6) is -1.46. The Morgan fingerprint density at radius 2 is 2.20 bits per heavy atom. The number of halogens is 1. The van der Waals surface area contributed by atoms with E-state index in [-0.39, 0.29) is 5.56 Å². The maximum absolute atomic E-state index is 13.7. The Balaban J connectivity index is 2.06. The Hall–Kier alpha value is -2.17. The zero-order chi connectivity index (χ0) is 14.3. The van der Waals surface area contributed by atoms with Crippen LogP contribution in [0.15, 0.2) is 24.5 Å². The van der Waals surface area contributed by atoms with Crippen molar-refractivity contribution in [2.45, 2.75) is 32.2 Å². The first-order valence-electron chi connectivity index (χ1n) is 6.64. The molecule has 0 saturated heterocycles. The van der Waals surface area contributed by atoms with Crippen molar-refractivity contribution in [1.29, 1.82) is 0 Å². The summed E-state index contributed by atoms with van der Waals surface area (Å²) in [6.45, 7) is 1.56. The zero-order valence-electron chi connectivity index (χ0n) is 11.1. The van der Waals surface area contributed by atoms with E-state index in [4.69, 9.17) is 0 Å². The summed E-state index contributed by atoms with van der Waals surface area (Å²) in [4.78, 5) is 11.3. The first-order valence-corrected chi connectivity index (χ1v) is 6.64. The number of aromatic carboxylic acids is 1. The highest BCUT2D eigenvalue weighted by molar-refractivity contribution is 5.96. The Labute approximate surface area is 115 Å². The van der Waals surface area contributed by atoms with Gasteiger partial charge in [-0.15, -0.1) is 0 Å². The molecule has 2 aromatic rings. The van der Waals surface area contributed by atoms with Crippen molar-refractivity contribution in [1.82, 2.24) is 9.78 Å². The molecular formula is C15H15FN2O2. The van der Waals surface area contributed by atoms with E-state index in [1.54, 1.807) is 19.3 Å². The molecule has 0 radical (unpaired) electrons. The lowest BCUT2D eigenvalue weighted by Gasteiger charge is -2.25. The molecule has 0 spiro atoms. The van der Waals surface area contributed by atoms with Crippen LogP contribution in [0.25, 0.3) is 11.1 Å². The maximum Gasteiger partial charge on any atom is 0.336 e. The number of carboxylic acids is 1. The molecule has 0 bridgehead atoms. The lowest BCUT2D eigenvalue weighted by Crippen LogP contribution is -2.16. The number of benzene rings is 1. The van der Waals surface area contributed by atoms with E-state index >= 15 is 0 Å². The van der Waals surface area contributed by atoms with Crippen molar-refractivity contribution in [3.63, 3.8) is 0 Å². The van der Waals surface area contributed by atoms with Crippen LogP contribution < -0.4 is 0 Å². The van der Waals surface area contributed by atoms with Gasteiger partial charge in [-0.05, 0) is 43.9 Å². The molecule has 0 aliphatic heterocycles. The van der Waals surface area contributed by atoms with E-state index in [0.717, 1.165) is 12.8 Å². The number of rotatable bonds is 3. The molecule has 5 heteroatoms. The standard InChI is InChI=1S/C15H15FN2O2/c1-9-5-13(15(19)20)12(6-14(9)16)10-7-17-18(8-10)11-3-2-4-11/h5-8,11H,2-4H2,1H3,(H,19,20). The normalized spacial score (nSPS) is 15.1. The van der Waals surface area contributed by atoms with Gasteiger partial charge in [0.15, 0.2) is 0 Å². The van der Waals surface area contributed by atoms with Crippen LogP contribution in [0.1, 0.15) is 41.2 Å². The third-order valence-corrected chi connectivity index (χ3v) is 3.89. The minimum absolute atomic E-state index is 0.108. The van der Waals surface area contributed by atoms with E-state index in [1.807, 2.05) is 4.68 Å². The van der Waals surface area contributed by atoms with Crippen LogP contribution in [0.2, 0.25) is 0 Å². The van der Waals surface area contributed by atoms with Gasteiger partial charge in [-0.25, -0.2) is 9.18 Å². The molecule has 1 aromatic heterocycles. The molecule has 0 amide bonds. The molecule has 1 aromatic carbocycles. The highest BCUT2D eigenvalue weighted by Gasteiger charge is 2.22. The largest absolute Gasteiger partial charge is 0.478 e. The van der Waals surface area contributed by atoms with Gasteiger partial charge in [0.2, 0.25) is 0 Å². The summed E-state index contributed by atoms with van der Waals surface area (Å²) in [5.41, 5.74) is 1.47. The summed E-state index contributed by atoms with van der Waals surface area (Å²) in [6, 6.07) is 3.04. The average Bonchev–Trinajstić information content (AvgIpc) is 2.78. The summed E-state index contributed by atoms with van der Waals surface area (Å²) < 4.78 is 15.6. The summed E-state index contributed by atoms with van der Waals surface area (Å²) in [6.07, 6.45) is 6.79. The van der Waals surface area contributed by atoms with E-state index in [1.165, 1.54) is 18.6 Å². The minimum Gasteiger partial charge on any atom is -0.478 e. The van der Waals surface area contributed by atoms with Gasteiger partial charge >= 0.3 is 5.97 Å². The Kier molecular flexibility index (Phi) is 3.04. The minimum atomic E-state index is -1.06. The van der Waals surface area contributed by atoms with E-state index < -0.39 is 11.8 Å². The van der Waals surface area contributed by atoms with Gasteiger partial charge in [0, 0.05) is 17.3 Å². The summed E-state index contributed by atoms with van der Waals surface area (Å²) in [7, 11) is 0. The van der Waals surface area contributed by atoms with Crippen LogP contribution in [-0.2, 0) is 0 Å². The van der Waals surface area contributed by atoms with Crippen molar-refractivity contribution in [3.8, 4) is 11.1 Å². The van der Waals surface area contributed by atoms with Crippen LogP contribution in [0.3, 0.4) is 0 Å². The highest BCUT2D eigenvalue weighted by Crippen LogP contribution is 2.33. The quantitative estimate of drug-likeness (QED) is 0.933. The molecule has 0 atom stereocenters. The Morgan fingerprint density at radius 1 is 1.45 bits per heavy atom. The molecule has 4 nitrogen and oxygen atoms in total. The lowest BCUT2D eigenvalue weighted by molar-refractivity contribution is 0.0697. The predicted octanol–water partition coefficient (Wildman–Crippen LogP) is 3.42. The van der Waals surface area contributed by atoms with E-state index in [9.17, 15) is 14.3 Å². The third kappa shape index (κ3) is 2.09. The van der Waals surface area contributed by atoms with Gasteiger partial charge in [-0.1, -0.05) is 0 Å². The van der Waals surface area contributed by atoms with Crippen LogP contribution in [-0.4, -0.2) is 20.9 Å². The molecule has 20 heavy (non-hydrogen) atoms. The SMILES string of the molecule is Cc1cc(C(=O)O)c(-c2cnn(C3CCC3)c2)cc1F. The average molecular weight is 274 g/mol. The molecule has 1 aliphatic rings. The number of carboxylic acid groups (broad SMARTS) is 1. The van der Waals surface area contributed by atoms with Crippen LogP contribution in [0.5, 0.6) is 0 Å². The van der Waals surface area contributed by atoms with Gasteiger partial charge in [0.25, 0.3) is 0 Å². The van der Waals surface area contributed by atoms with E-state index in [2.05, 4.69) is 5.10 Å². The van der Waals surface area contributed by atoms with Crippen LogP contribution in [0.4, 0.5) is 4.39 Å². The monoisotopic (exact) mass is 274 g/mol. The van der Waals surface area contributed by atoms with Gasteiger partial charge in [0.1, 0.15) is 5.82 Å². The maximum atomic E-state index is 13.7. The highest BCUT2D eigenvalue weighted by atomic mass is 19.1. The van der Waals surface area contributed by atoms with Gasteiger partial charge in [-0.3, -0.25) is 4.68 Å². The predicted molar refractivity (Wildman–Crippen MR) is 72.2 cm³/mol. The summed E-state index contributed by atoms with van der Waals surface area (Å²) in [5, 5.41) is 13.5. The number of hydrogen-bond donors (Lipinski definition) is 1. The molecule has 0 unspecified atom stereocenters. The lowest BCUT2D eigenvalue weighted by atomic mass is 9.93. The number of hydrogen-bond acceptors (Lipinski definition) is 2. The number of aryl methyl sites for hydroxylation is 1. The molecule has 104 valence electrons. The second-order valence-corrected chi connectivity index (χ2v) is 5.25. The second-order valence-electron chi connectivity index (χ2n) is 5.25. The second kappa shape index (κ2) is 4.74. The van der Waals surface area contributed by atoms with Crippen molar-refractivity contribution in [2.75, 3.05) is 0 Å². The number of nitrogens with zero attached hydrogens (tertiary/aromatic N) is 2. The number of aromatic nitrogens is 2.